The van der Waals surface area contributed by atoms with E-state index in [2.05, 4.69) is 53.7 Å². The lowest BCUT2D eigenvalue weighted by Gasteiger charge is -2.44. The molecule has 8 heteroatoms. The lowest BCUT2D eigenvalue weighted by molar-refractivity contribution is 0.175. The predicted octanol–water partition coefficient (Wildman–Crippen LogP) is 5.93. The fraction of sp³-hybridized carbons (Fsp3) is 0.586. The third-order valence-electron chi connectivity index (χ3n) is 8.43. The molecule has 1 aromatic heterocycles. The van der Waals surface area contributed by atoms with Gasteiger partial charge in [-0.15, -0.1) is 0 Å². The number of hydrogen-bond donors (Lipinski definition) is 3. The van der Waals surface area contributed by atoms with Gasteiger partial charge < -0.3 is 19.8 Å². The van der Waals surface area contributed by atoms with Crippen molar-refractivity contribution >= 4 is 14.3 Å². The molecule has 4 N–H and O–H groups in total. The van der Waals surface area contributed by atoms with Crippen LogP contribution in [0.1, 0.15) is 84.1 Å². The monoisotopic (exact) mass is 523 g/mol. The number of pyridine rings is 1. The molecule has 1 fully saturated rings. The van der Waals surface area contributed by atoms with Crippen molar-refractivity contribution < 1.29 is 9.16 Å². The minimum atomic E-state index is -1.99. The topological polar surface area (TPSA) is 100 Å². The van der Waals surface area contributed by atoms with Gasteiger partial charge in [-0.25, -0.2) is 0 Å². The Balaban J connectivity index is 1.49. The maximum Gasteiger partial charge on any atom is 0.203 e. The summed E-state index contributed by atoms with van der Waals surface area (Å²) in [5, 5.41) is 17.4. The van der Waals surface area contributed by atoms with E-state index in [0.29, 0.717) is 34.9 Å². The van der Waals surface area contributed by atoms with E-state index < -0.39 is 8.32 Å². The fourth-order valence-electron chi connectivity index (χ4n) is 6.66. The maximum atomic E-state index is 8.95. The highest BCUT2D eigenvalue weighted by atomic mass is 28.4. The molecule has 7 nitrogen and oxygen atoms in total. The van der Waals surface area contributed by atoms with Crippen LogP contribution in [0.5, 0.6) is 5.75 Å². The van der Waals surface area contributed by atoms with E-state index in [-0.39, 0.29) is 23.7 Å². The summed E-state index contributed by atoms with van der Waals surface area (Å²) in [5.74, 6) is 0.965. The molecule has 2 heterocycles. The first kappa shape index (κ1) is 27.6. The third kappa shape index (κ3) is 5.42. The summed E-state index contributed by atoms with van der Waals surface area (Å²) in [6.07, 6.45) is 4.45. The van der Waals surface area contributed by atoms with E-state index in [9.17, 15) is 0 Å². The molecule has 1 aromatic carbocycles. The van der Waals surface area contributed by atoms with Crippen molar-refractivity contribution in [3.63, 3.8) is 0 Å². The summed E-state index contributed by atoms with van der Waals surface area (Å²) < 4.78 is 15.0. The van der Waals surface area contributed by atoms with E-state index in [1.165, 1.54) is 0 Å². The molecule has 1 aliphatic carbocycles. The lowest BCUT2D eigenvalue weighted by Crippen LogP contribution is -2.51. The molecule has 2 aromatic rings. The number of likely N-dealkylation sites (tertiary alicyclic amines) is 1. The van der Waals surface area contributed by atoms with Crippen molar-refractivity contribution in [3.05, 3.63) is 59.2 Å². The highest BCUT2D eigenvalue weighted by molar-refractivity contribution is 6.77. The number of benzene rings is 1. The molecule has 4 rings (SSSR count). The zero-order valence-electron chi connectivity index (χ0n) is 23.3. The second kappa shape index (κ2) is 11.1. The van der Waals surface area contributed by atoms with Crippen LogP contribution in [0.25, 0.3) is 0 Å². The van der Waals surface area contributed by atoms with Gasteiger partial charge in [0.2, 0.25) is 14.3 Å². The molecule has 0 unspecified atom stereocenters. The molecule has 0 spiro atoms. The van der Waals surface area contributed by atoms with Crippen molar-refractivity contribution in [1.82, 2.24) is 9.47 Å². The van der Waals surface area contributed by atoms with Crippen LogP contribution in [0.3, 0.4) is 0 Å². The van der Waals surface area contributed by atoms with Crippen LogP contribution in [0.4, 0.5) is 0 Å². The molecule has 0 bridgehead atoms. The van der Waals surface area contributed by atoms with E-state index in [1.54, 1.807) is 16.8 Å². The summed E-state index contributed by atoms with van der Waals surface area (Å²) in [5.41, 5.74) is 10.5. The van der Waals surface area contributed by atoms with Crippen LogP contribution in [0.15, 0.2) is 42.6 Å². The van der Waals surface area contributed by atoms with Crippen molar-refractivity contribution in [1.29, 1.82) is 10.8 Å². The van der Waals surface area contributed by atoms with Gasteiger partial charge >= 0.3 is 0 Å². The molecule has 0 radical (unpaired) electrons. The first-order valence-electron chi connectivity index (χ1n) is 13.8. The fourth-order valence-corrected chi connectivity index (χ4v) is 12.2. The smallest absolute Gasteiger partial charge is 0.203 e. The molecule has 2 aliphatic rings. The van der Waals surface area contributed by atoms with Crippen LogP contribution < -0.4 is 16.0 Å². The normalized spacial score (nSPS) is 22.1. The number of hydrogen-bond acceptors (Lipinski definition) is 5. The van der Waals surface area contributed by atoms with Gasteiger partial charge in [0.05, 0.1) is 12.3 Å². The van der Waals surface area contributed by atoms with Crippen molar-refractivity contribution in [2.45, 2.75) is 95.7 Å². The SMILES string of the molecule is CC(C)[Si](O[C@@H]1CCN(C(=N)n2cc(O[C@@H]3CC[C@H](N)c4ccccc43)ccc2=N)C1)(C(C)C)C(C)C. The Labute approximate surface area is 223 Å². The standard InChI is InChI=1S/C29H45N5O2Si/c1-19(2)37(20(3)4,21(5)6)36-23-15-16-33(17-23)29(32)34-18-22(11-14-28(34)31)35-27-13-12-26(30)24-9-7-8-10-25(24)27/h7-11,14,18-21,23,26-27,31-32H,12-13,15-17,30H2,1-6H3/t23-,26+,27-/m1/s1. The molecule has 1 saturated heterocycles. The molecular formula is C29H45N5O2Si. The number of nitrogens with zero attached hydrogens (tertiary/aromatic N) is 2. The van der Waals surface area contributed by atoms with Crippen LogP contribution >= 0.6 is 0 Å². The number of rotatable bonds is 7. The van der Waals surface area contributed by atoms with Crippen LogP contribution in [0.2, 0.25) is 16.6 Å². The highest BCUT2D eigenvalue weighted by Gasteiger charge is 2.47. The Hall–Kier alpha value is -2.42. The molecule has 1 aliphatic heterocycles. The van der Waals surface area contributed by atoms with E-state index >= 15 is 0 Å². The van der Waals surface area contributed by atoms with E-state index in [0.717, 1.165) is 36.9 Å². The highest BCUT2D eigenvalue weighted by Crippen LogP contribution is 2.44. The van der Waals surface area contributed by atoms with Crippen LogP contribution in [-0.4, -0.2) is 42.9 Å². The average molecular weight is 524 g/mol. The van der Waals surface area contributed by atoms with Crippen LogP contribution in [0, 0.1) is 10.8 Å². The number of nitrogens with two attached hydrogens (primary N) is 1. The van der Waals surface area contributed by atoms with Gasteiger partial charge in [-0.3, -0.25) is 15.4 Å². The molecule has 0 saturated carbocycles. The Kier molecular flexibility index (Phi) is 8.31. The lowest BCUT2D eigenvalue weighted by atomic mass is 9.86. The summed E-state index contributed by atoms with van der Waals surface area (Å²) in [4.78, 5) is 2.04. The molecule has 202 valence electrons. The first-order chi connectivity index (χ1) is 17.5. The predicted molar refractivity (Wildman–Crippen MR) is 151 cm³/mol. The zero-order valence-corrected chi connectivity index (χ0v) is 24.3. The summed E-state index contributed by atoms with van der Waals surface area (Å²) in [6, 6.07) is 11.8. The van der Waals surface area contributed by atoms with Crippen molar-refractivity contribution in [2.75, 3.05) is 13.1 Å². The summed E-state index contributed by atoms with van der Waals surface area (Å²) in [6.45, 7) is 15.3. The first-order valence-corrected chi connectivity index (χ1v) is 16.0. The van der Waals surface area contributed by atoms with Crippen molar-refractivity contribution in [3.8, 4) is 5.75 Å². The minimum absolute atomic E-state index is 0.0407. The summed E-state index contributed by atoms with van der Waals surface area (Å²) >= 11 is 0. The molecular weight excluding hydrogens is 478 g/mol. The number of ether oxygens (including phenoxy) is 1. The quantitative estimate of drug-likeness (QED) is 0.238. The molecule has 0 amide bonds. The summed E-state index contributed by atoms with van der Waals surface area (Å²) in [7, 11) is -1.99. The second-order valence-electron chi connectivity index (χ2n) is 11.7. The van der Waals surface area contributed by atoms with Gasteiger partial charge in [-0.2, -0.15) is 0 Å². The van der Waals surface area contributed by atoms with Crippen molar-refractivity contribution in [2.24, 2.45) is 5.73 Å². The number of aromatic nitrogens is 1. The van der Waals surface area contributed by atoms with Crippen LogP contribution in [-0.2, 0) is 4.43 Å². The Morgan fingerprint density at radius 2 is 1.59 bits per heavy atom. The van der Waals surface area contributed by atoms with Gasteiger partial charge in [0.15, 0.2) is 0 Å². The Morgan fingerprint density at radius 3 is 2.24 bits per heavy atom. The van der Waals surface area contributed by atoms with Gasteiger partial charge in [-0.1, -0.05) is 65.8 Å². The van der Waals surface area contributed by atoms with E-state index in [4.69, 9.17) is 25.7 Å². The zero-order chi connectivity index (χ0) is 26.9. The van der Waals surface area contributed by atoms with Gasteiger partial charge in [-0.05, 0) is 59.1 Å². The van der Waals surface area contributed by atoms with E-state index in [1.807, 2.05) is 23.1 Å². The Bertz CT molecular complexity index is 1140. The van der Waals surface area contributed by atoms with Gasteiger partial charge in [0.1, 0.15) is 17.3 Å². The number of nitrogens with one attached hydrogen (secondary N) is 2. The van der Waals surface area contributed by atoms with Gasteiger partial charge in [0.25, 0.3) is 0 Å². The molecule has 3 atom stereocenters. The largest absolute Gasteiger partial charge is 0.484 e. The Morgan fingerprint density at radius 1 is 0.946 bits per heavy atom. The third-order valence-corrected chi connectivity index (χ3v) is 14.6. The maximum absolute atomic E-state index is 8.95. The second-order valence-corrected chi connectivity index (χ2v) is 17.1. The average Bonchev–Trinajstić information content (AvgIpc) is 3.33. The minimum Gasteiger partial charge on any atom is -0.484 e. The number of fused-ring (bicyclic) bond motifs is 1. The molecule has 37 heavy (non-hydrogen) atoms. The van der Waals surface area contributed by atoms with Gasteiger partial charge in [0, 0.05) is 19.1 Å².